The van der Waals surface area contributed by atoms with Crippen molar-refractivity contribution in [3.63, 3.8) is 0 Å². The summed E-state index contributed by atoms with van der Waals surface area (Å²) >= 11 is 3.61. The van der Waals surface area contributed by atoms with Gasteiger partial charge in [0.1, 0.15) is 0 Å². The summed E-state index contributed by atoms with van der Waals surface area (Å²) in [5.41, 5.74) is 1.77. The van der Waals surface area contributed by atoms with E-state index < -0.39 is 0 Å². The molecule has 0 saturated carbocycles. The van der Waals surface area contributed by atoms with E-state index in [0.29, 0.717) is 11.5 Å². The molecule has 0 bridgehead atoms. The Morgan fingerprint density at radius 2 is 2.00 bits per heavy atom. The van der Waals surface area contributed by atoms with Gasteiger partial charge < -0.3 is 10.2 Å². The van der Waals surface area contributed by atoms with Gasteiger partial charge in [-0.25, -0.2) is 0 Å². The Hall–Kier alpha value is -0.380. The standard InChI is InChI=1S/C16H25BrN2/c1-13(2)19-9-7-16(8-10-19,12-18-3)14-5-4-6-15(17)11-14/h4-6,11,13,18H,7-10,12H2,1-3H3. The zero-order valence-electron chi connectivity index (χ0n) is 12.2. The van der Waals surface area contributed by atoms with E-state index in [1.54, 1.807) is 0 Å². The van der Waals surface area contributed by atoms with Gasteiger partial charge in [-0.3, -0.25) is 0 Å². The molecule has 0 aromatic heterocycles. The summed E-state index contributed by atoms with van der Waals surface area (Å²) in [6, 6.07) is 9.51. The fourth-order valence-corrected chi connectivity index (χ4v) is 3.59. The highest BCUT2D eigenvalue weighted by atomic mass is 79.9. The molecule has 1 N–H and O–H groups in total. The van der Waals surface area contributed by atoms with Crippen LogP contribution < -0.4 is 5.32 Å². The van der Waals surface area contributed by atoms with E-state index in [-0.39, 0.29) is 0 Å². The van der Waals surface area contributed by atoms with E-state index in [1.807, 2.05) is 0 Å². The molecule has 1 heterocycles. The summed E-state index contributed by atoms with van der Waals surface area (Å²) in [5, 5.41) is 3.41. The predicted molar refractivity (Wildman–Crippen MR) is 85.7 cm³/mol. The largest absolute Gasteiger partial charge is 0.319 e. The average molecular weight is 325 g/mol. The maximum Gasteiger partial charge on any atom is 0.0178 e. The third-order valence-electron chi connectivity index (χ3n) is 4.44. The summed E-state index contributed by atoms with van der Waals surface area (Å²) in [7, 11) is 2.06. The normalized spacial score (nSPS) is 19.8. The lowest BCUT2D eigenvalue weighted by atomic mass is 9.72. The summed E-state index contributed by atoms with van der Waals surface area (Å²) in [5.74, 6) is 0. The molecule has 2 nitrogen and oxygen atoms in total. The second kappa shape index (κ2) is 6.38. The Morgan fingerprint density at radius 3 is 2.53 bits per heavy atom. The van der Waals surface area contributed by atoms with Crippen molar-refractivity contribution in [3.05, 3.63) is 34.3 Å². The molecule has 1 aromatic rings. The molecule has 1 aromatic carbocycles. The Bertz CT molecular complexity index is 409. The molecule has 1 fully saturated rings. The number of rotatable bonds is 4. The van der Waals surface area contributed by atoms with Crippen molar-refractivity contribution >= 4 is 15.9 Å². The fourth-order valence-electron chi connectivity index (χ4n) is 3.19. The fraction of sp³-hybridized carbons (Fsp3) is 0.625. The highest BCUT2D eigenvalue weighted by Gasteiger charge is 2.36. The highest BCUT2D eigenvalue weighted by Crippen LogP contribution is 2.36. The Kier molecular flexibility index (Phi) is 5.04. The van der Waals surface area contributed by atoms with E-state index >= 15 is 0 Å². The molecule has 19 heavy (non-hydrogen) atoms. The lowest BCUT2D eigenvalue weighted by Gasteiger charge is -2.43. The van der Waals surface area contributed by atoms with E-state index in [0.717, 1.165) is 6.54 Å². The molecular formula is C16H25BrN2. The highest BCUT2D eigenvalue weighted by molar-refractivity contribution is 9.10. The van der Waals surface area contributed by atoms with Gasteiger partial charge in [-0.2, -0.15) is 0 Å². The minimum atomic E-state index is 0.296. The summed E-state index contributed by atoms with van der Waals surface area (Å²) in [6.45, 7) is 8.06. The molecule has 106 valence electrons. The lowest BCUT2D eigenvalue weighted by molar-refractivity contribution is 0.128. The van der Waals surface area contributed by atoms with Gasteiger partial charge in [-0.05, 0) is 64.5 Å². The lowest BCUT2D eigenvalue weighted by Crippen LogP contribution is -2.49. The maximum absolute atomic E-state index is 3.61. The molecule has 1 saturated heterocycles. The van der Waals surface area contributed by atoms with Gasteiger partial charge in [-0.15, -0.1) is 0 Å². The molecular weight excluding hydrogens is 300 g/mol. The van der Waals surface area contributed by atoms with Crippen LogP contribution in [-0.2, 0) is 5.41 Å². The van der Waals surface area contributed by atoms with Gasteiger partial charge in [0.05, 0.1) is 0 Å². The van der Waals surface area contributed by atoms with Crippen LogP contribution >= 0.6 is 15.9 Å². The van der Waals surface area contributed by atoms with Gasteiger partial charge in [0.25, 0.3) is 0 Å². The molecule has 1 aliphatic rings. The van der Waals surface area contributed by atoms with Gasteiger partial charge in [0.2, 0.25) is 0 Å². The van der Waals surface area contributed by atoms with Crippen LogP contribution in [0.2, 0.25) is 0 Å². The first kappa shape index (κ1) is 15.0. The van der Waals surface area contributed by atoms with Crippen molar-refractivity contribution in [1.29, 1.82) is 0 Å². The molecule has 0 aliphatic carbocycles. The van der Waals surface area contributed by atoms with Crippen molar-refractivity contribution < 1.29 is 0 Å². The first-order valence-electron chi connectivity index (χ1n) is 7.22. The van der Waals surface area contributed by atoms with Crippen LogP contribution in [-0.4, -0.2) is 37.6 Å². The van der Waals surface area contributed by atoms with Crippen molar-refractivity contribution in [2.24, 2.45) is 0 Å². The zero-order chi connectivity index (χ0) is 13.9. The first-order chi connectivity index (χ1) is 9.07. The third kappa shape index (κ3) is 3.39. The Balaban J connectivity index is 2.20. The van der Waals surface area contributed by atoms with Crippen molar-refractivity contribution in [2.45, 2.75) is 38.1 Å². The summed E-state index contributed by atoms with van der Waals surface area (Å²) < 4.78 is 1.19. The summed E-state index contributed by atoms with van der Waals surface area (Å²) in [4.78, 5) is 2.59. The van der Waals surface area contributed by atoms with Crippen LogP contribution in [0.15, 0.2) is 28.7 Å². The molecule has 0 unspecified atom stereocenters. The number of nitrogens with one attached hydrogen (secondary N) is 1. The smallest absolute Gasteiger partial charge is 0.0178 e. The van der Waals surface area contributed by atoms with Crippen LogP contribution in [0.5, 0.6) is 0 Å². The second-order valence-electron chi connectivity index (χ2n) is 5.95. The topological polar surface area (TPSA) is 15.3 Å². The number of piperidine rings is 1. The number of likely N-dealkylation sites (tertiary alicyclic amines) is 1. The number of halogens is 1. The van der Waals surface area contributed by atoms with E-state index in [9.17, 15) is 0 Å². The van der Waals surface area contributed by atoms with Crippen molar-refractivity contribution in [1.82, 2.24) is 10.2 Å². The maximum atomic E-state index is 3.61. The minimum absolute atomic E-state index is 0.296. The SMILES string of the molecule is CNCC1(c2cccc(Br)c2)CCN(C(C)C)CC1. The quantitative estimate of drug-likeness (QED) is 0.913. The molecule has 1 aliphatic heterocycles. The number of hydrogen-bond donors (Lipinski definition) is 1. The predicted octanol–water partition coefficient (Wildman–Crippen LogP) is 3.41. The number of benzene rings is 1. The number of hydrogen-bond acceptors (Lipinski definition) is 2. The van der Waals surface area contributed by atoms with Crippen LogP contribution in [0.4, 0.5) is 0 Å². The molecule has 3 heteroatoms. The van der Waals surface area contributed by atoms with Gasteiger partial charge in [-0.1, -0.05) is 28.1 Å². The zero-order valence-corrected chi connectivity index (χ0v) is 13.8. The Labute approximate surface area is 125 Å². The van der Waals surface area contributed by atoms with E-state index in [4.69, 9.17) is 0 Å². The first-order valence-corrected chi connectivity index (χ1v) is 8.01. The average Bonchev–Trinajstić information content (AvgIpc) is 2.39. The van der Waals surface area contributed by atoms with Gasteiger partial charge >= 0.3 is 0 Å². The van der Waals surface area contributed by atoms with Crippen LogP contribution in [0.1, 0.15) is 32.3 Å². The minimum Gasteiger partial charge on any atom is -0.319 e. The third-order valence-corrected chi connectivity index (χ3v) is 4.93. The molecule has 0 spiro atoms. The van der Waals surface area contributed by atoms with Gasteiger partial charge in [0, 0.05) is 22.5 Å². The Morgan fingerprint density at radius 1 is 1.32 bits per heavy atom. The van der Waals surface area contributed by atoms with E-state index in [1.165, 1.54) is 36.0 Å². The number of nitrogens with zero attached hydrogens (tertiary/aromatic N) is 1. The molecule has 0 radical (unpaired) electrons. The molecule has 0 atom stereocenters. The van der Waals surface area contributed by atoms with Crippen LogP contribution in [0.3, 0.4) is 0 Å². The van der Waals surface area contributed by atoms with Crippen molar-refractivity contribution in [3.8, 4) is 0 Å². The molecule has 0 amide bonds. The van der Waals surface area contributed by atoms with Crippen LogP contribution in [0, 0.1) is 0 Å². The van der Waals surface area contributed by atoms with Crippen LogP contribution in [0.25, 0.3) is 0 Å². The monoisotopic (exact) mass is 324 g/mol. The number of likely N-dealkylation sites (N-methyl/N-ethyl adjacent to an activating group) is 1. The summed E-state index contributed by atoms with van der Waals surface area (Å²) in [6.07, 6.45) is 2.48. The van der Waals surface area contributed by atoms with Crippen molar-refractivity contribution in [2.75, 3.05) is 26.7 Å². The second-order valence-corrected chi connectivity index (χ2v) is 6.87. The van der Waals surface area contributed by atoms with Gasteiger partial charge in [0.15, 0.2) is 0 Å². The molecule has 2 rings (SSSR count). The van der Waals surface area contributed by atoms with E-state index in [2.05, 4.69) is 71.3 Å².